The third-order valence-corrected chi connectivity index (χ3v) is 3.31. The summed E-state index contributed by atoms with van der Waals surface area (Å²) in [5, 5.41) is 2.59. The molecule has 3 nitrogen and oxygen atoms in total. The Morgan fingerprint density at radius 2 is 2.18 bits per heavy atom. The molecule has 17 heavy (non-hydrogen) atoms. The van der Waals surface area contributed by atoms with Crippen molar-refractivity contribution in [2.75, 3.05) is 5.32 Å². The molecule has 0 aliphatic carbocycles. The highest BCUT2D eigenvalue weighted by Gasteiger charge is 2.17. The predicted octanol–water partition coefficient (Wildman–Crippen LogP) is 2.76. The van der Waals surface area contributed by atoms with Crippen molar-refractivity contribution in [2.24, 2.45) is 11.7 Å². The SMILES string of the molecule is Cc1cc(Br)c(F)cc1NC(=O)C(C)C(N)=S. The van der Waals surface area contributed by atoms with Crippen LogP contribution in [0.15, 0.2) is 16.6 Å². The molecule has 1 rings (SSSR count). The molecule has 1 aromatic rings. The van der Waals surface area contributed by atoms with Crippen LogP contribution in [0.25, 0.3) is 0 Å². The fourth-order valence-electron chi connectivity index (χ4n) is 1.15. The van der Waals surface area contributed by atoms with Crippen LogP contribution < -0.4 is 11.1 Å². The quantitative estimate of drug-likeness (QED) is 0.843. The van der Waals surface area contributed by atoms with Crippen molar-refractivity contribution in [3.05, 3.63) is 28.0 Å². The first-order valence-electron chi connectivity index (χ1n) is 4.88. The summed E-state index contributed by atoms with van der Waals surface area (Å²) in [6.07, 6.45) is 0. The van der Waals surface area contributed by atoms with E-state index in [-0.39, 0.29) is 10.9 Å². The van der Waals surface area contributed by atoms with E-state index in [2.05, 4.69) is 21.2 Å². The second-order valence-electron chi connectivity index (χ2n) is 3.69. The lowest BCUT2D eigenvalue weighted by Gasteiger charge is -2.13. The van der Waals surface area contributed by atoms with Crippen molar-refractivity contribution in [1.29, 1.82) is 0 Å². The summed E-state index contributed by atoms with van der Waals surface area (Å²) in [5.74, 6) is -1.37. The molecule has 92 valence electrons. The Bertz CT molecular complexity index is 479. The highest BCUT2D eigenvalue weighted by Crippen LogP contribution is 2.24. The van der Waals surface area contributed by atoms with E-state index in [0.29, 0.717) is 10.2 Å². The number of benzene rings is 1. The van der Waals surface area contributed by atoms with Crippen molar-refractivity contribution < 1.29 is 9.18 Å². The zero-order valence-corrected chi connectivity index (χ0v) is 11.8. The van der Waals surface area contributed by atoms with E-state index in [1.807, 2.05) is 0 Å². The predicted molar refractivity (Wildman–Crippen MR) is 73.4 cm³/mol. The molecule has 0 heterocycles. The van der Waals surface area contributed by atoms with E-state index >= 15 is 0 Å². The Morgan fingerprint density at radius 3 is 2.71 bits per heavy atom. The minimum absolute atomic E-state index is 0.109. The zero-order chi connectivity index (χ0) is 13.2. The lowest BCUT2D eigenvalue weighted by molar-refractivity contribution is -0.117. The summed E-state index contributed by atoms with van der Waals surface area (Å²) in [5.41, 5.74) is 6.54. The molecule has 1 aromatic carbocycles. The molecule has 0 aliphatic rings. The maximum Gasteiger partial charge on any atom is 0.234 e. The second kappa shape index (κ2) is 5.55. The summed E-state index contributed by atoms with van der Waals surface area (Å²) in [6.45, 7) is 3.37. The average Bonchev–Trinajstić information content (AvgIpc) is 2.24. The number of nitrogens with two attached hydrogens (primary N) is 1. The van der Waals surface area contributed by atoms with E-state index in [0.717, 1.165) is 5.56 Å². The molecule has 0 aromatic heterocycles. The molecule has 0 saturated heterocycles. The van der Waals surface area contributed by atoms with E-state index in [9.17, 15) is 9.18 Å². The number of anilines is 1. The van der Waals surface area contributed by atoms with E-state index < -0.39 is 11.7 Å². The fraction of sp³-hybridized carbons (Fsp3) is 0.273. The molecule has 0 fully saturated rings. The molecule has 6 heteroatoms. The van der Waals surface area contributed by atoms with Gasteiger partial charge in [0.15, 0.2) is 0 Å². The number of nitrogens with one attached hydrogen (secondary N) is 1. The second-order valence-corrected chi connectivity index (χ2v) is 5.02. The Kier molecular flexibility index (Phi) is 4.59. The zero-order valence-electron chi connectivity index (χ0n) is 9.38. The van der Waals surface area contributed by atoms with Gasteiger partial charge in [0, 0.05) is 5.69 Å². The summed E-state index contributed by atoms with van der Waals surface area (Å²) >= 11 is 7.80. The summed E-state index contributed by atoms with van der Waals surface area (Å²) in [4.78, 5) is 11.8. The van der Waals surface area contributed by atoms with Gasteiger partial charge in [0.2, 0.25) is 5.91 Å². The Hall–Kier alpha value is -1.01. The average molecular weight is 319 g/mol. The van der Waals surface area contributed by atoms with Crippen LogP contribution in [0.2, 0.25) is 0 Å². The maximum absolute atomic E-state index is 13.3. The van der Waals surface area contributed by atoms with Gasteiger partial charge in [-0.3, -0.25) is 4.79 Å². The first-order chi connectivity index (χ1) is 7.82. The number of hydrogen-bond donors (Lipinski definition) is 2. The van der Waals surface area contributed by atoms with Gasteiger partial charge in [-0.05, 0) is 47.5 Å². The monoisotopic (exact) mass is 318 g/mol. The van der Waals surface area contributed by atoms with E-state index in [1.54, 1.807) is 19.9 Å². The first kappa shape index (κ1) is 14.1. The third kappa shape index (κ3) is 3.47. The van der Waals surface area contributed by atoms with Gasteiger partial charge in [-0.25, -0.2) is 4.39 Å². The molecule has 1 amide bonds. The summed E-state index contributed by atoms with van der Waals surface area (Å²) in [6, 6.07) is 2.85. The molecule has 1 atom stereocenters. The largest absolute Gasteiger partial charge is 0.393 e. The van der Waals surface area contributed by atoms with Crippen molar-refractivity contribution in [1.82, 2.24) is 0 Å². The van der Waals surface area contributed by atoms with Crippen molar-refractivity contribution in [2.45, 2.75) is 13.8 Å². The van der Waals surface area contributed by atoms with Gasteiger partial charge >= 0.3 is 0 Å². The number of halogens is 2. The van der Waals surface area contributed by atoms with E-state index in [1.165, 1.54) is 6.07 Å². The standard InChI is InChI=1S/C11H12BrFN2OS/c1-5-3-7(12)8(13)4-9(5)15-11(16)6(2)10(14)17/h3-4,6H,1-2H3,(H2,14,17)(H,15,16). The molecule has 1 unspecified atom stereocenters. The minimum Gasteiger partial charge on any atom is -0.393 e. The molecule has 3 N–H and O–H groups in total. The highest BCUT2D eigenvalue weighted by molar-refractivity contribution is 9.10. The number of rotatable bonds is 3. The fourth-order valence-corrected chi connectivity index (χ4v) is 1.72. The van der Waals surface area contributed by atoms with Crippen molar-refractivity contribution in [3.63, 3.8) is 0 Å². The Morgan fingerprint density at radius 1 is 1.59 bits per heavy atom. The molecular formula is C11H12BrFN2OS. The van der Waals surface area contributed by atoms with Crippen LogP contribution in [0.5, 0.6) is 0 Å². The number of thiocarbonyl (C=S) groups is 1. The maximum atomic E-state index is 13.3. The van der Waals surface area contributed by atoms with Gasteiger partial charge in [-0.2, -0.15) is 0 Å². The number of carbonyl (C=O) groups is 1. The lowest BCUT2D eigenvalue weighted by Crippen LogP contribution is -2.31. The minimum atomic E-state index is -0.587. The molecule has 0 spiro atoms. The Balaban J connectivity index is 2.93. The van der Waals surface area contributed by atoms with Crippen molar-refractivity contribution in [3.8, 4) is 0 Å². The molecule has 0 bridgehead atoms. The van der Waals surface area contributed by atoms with E-state index in [4.69, 9.17) is 18.0 Å². The van der Waals surface area contributed by atoms with Gasteiger partial charge in [-0.1, -0.05) is 12.2 Å². The molecule has 0 aliphatic heterocycles. The smallest absolute Gasteiger partial charge is 0.234 e. The van der Waals surface area contributed by atoms with Crippen molar-refractivity contribution >= 4 is 44.7 Å². The normalized spacial score (nSPS) is 12.0. The molecule has 0 radical (unpaired) electrons. The molecule has 0 saturated carbocycles. The van der Waals surface area contributed by atoms with Crippen LogP contribution in [0, 0.1) is 18.7 Å². The highest BCUT2D eigenvalue weighted by atomic mass is 79.9. The van der Waals surface area contributed by atoms with Gasteiger partial charge < -0.3 is 11.1 Å². The van der Waals surface area contributed by atoms with Crippen LogP contribution in [0.4, 0.5) is 10.1 Å². The number of amides is 1. The first-order valence-corrected chi connectivity index (χ1v) is 6.09. The van der Waals surface area contributed by atoms with Gasteiger partial charge in [-0.15, -0.1) is 0 Å². The molecular weight excluding hydrogens is 307 g/mol. The topological polar surface area (TPSA) is 55.1 Å². The van der Waals surface area contributed by atoms with Crippen LogP contribution in [0.3, 0.4) is 0 Å². The Labute approximate surface area is 113 Å². The number of aryl methyl sites for hydroxylation is 1. The van der Waals surface area contributed by atoms with Gasteiger partial charge in [0.25, 0.3) is 0 Å². The van der Waals surface area contributed by atoms with Crippen LogP contribution in [-0.4, -0.2) is 10.9 Å². The summed E-state index contributed by atoms with van der Waals surface area (Å²) in [7, 11) is 0. The van der Waals surface area contributed by atoms with Gasteiger partial charge in [0.1, 0.15) is 5.82 Å². The van der Waals surface area contributed by atoms with Crippen LogP contribution in [-0.2, 0) is 4.79 Å². The summed E-state index contributed by atoms with van der Waals surface area (Å²) < 4.78 is 13.7. The van der Waals surface area contributed by atoms with Crippen LogP contribution in [0.1, 0.15) is 12.5 Å². The number of hydrogen-bond acceptors (Lipinski definition) is 2. The van der Waals surface area contributed by atoms with Gasteiger partial charge in [0.05, 0.1) is 15.4 Å². The third-order valence-electron chi connectivity index (χ3n) is 2.35. The number of carbonyl (C=O) groups excluding carboxylic acids is 1. The van der Waals surface area contributed by atoms with Crippen LogP contribution >= 0.6 is 28.1 Å². The lowest BCUT2D eigenvalue weighted by atomic mass is 10.1.